The van der Waals surface area contributed by atoms with E-state index < -0.39 is 20.0 Å². The van der Waals surface area contributed by atoms with E-state index in [-0.39, 0.29) is 25.1 Å². The van der Waals surface area contributed by atoms with Gasteiger partial charge < -0.3 is 19.4 Å². The first-order valence-corrected chi connectivity index (χ1v) is 33.5. The van der Waals surface area contributed by atoms with Crippen LogP contribution in [0.5, 0.6) is 0 Å². The lowest BCUT2D eigenvalue weighted by Gasteiger charge is -2.27. The number of allylic oxidation sites excluding steroid dienone is 1. The van der Waals surface area contributed by atoms with Crippen molar-refractivity contribution in [3.05, 3.63) is 12.2 Å². The number of nitrogens with zero attached hydrogens (tertiary/aromatic N) is 1. The summed E-state index contributed by atoms with van der Waals surface area (Å²) in [5.41, 5.74) is 0. The predicted molar refractivity (Wildman–Crippen MR) is 314 cm³/mol. The molecular weight excluding hydrogens is 928 g/mol. The average Bonchev–Trinajstić information content (AvgIpc) is 3.35. The third-order valence-electron chi connectivity index (χ3n) is 14.7. The maximum absolute atomic E-state index is 13.5. The minimum absolute atomic E-state index is 0.0457. The van der Waals surface area contributed by atoms with E-state index in [1.54, 1.807) is 0 Å². The number of esters is 1. The number of carbonyl (C=O) groups excluding carboxylic acids is 2. The van der Waals surface area contributed by atoms with E-state index in [1.165, 1.54) is 238 Å². The van der Waals surface area contributed by atoms with Gasteiger partial charge in [0.1, 0.15) is 19.3 Å². The van der Waals surface area contributed by atoms with Gasteiger partial charge in [-0.2, -0.15) is 0 Å². The molecule has 0 bridgehead atoms. The number of rotatable bonds is 59. The summed E-state index contributed by atoms with van der Waals surface area (Å²) >= 11 is 0. The highest BCUT2D eigenvalue weighted by Crippen LogP contribution is 2.43. The van der Waals surface area contributed by atoms with Crippen molar-refractivity contribution in [2.24, 2.45) is 0 Å². The van der Waals surface area contributed by atoms with Crippen molar-refractivity contribution in [1.82, 2.24) is 5.32 Å². The number of amides is 1. The van der Waals surface area contributed by atoms with E-state index in [4.69, 9.17) is 13.8 Å². The zero-order valence-electron chi connectivity index (χ0n) is 49.7. The molecule has 0 aliphatic rings. The van der Waals surface area contributed by atoms with Gasteiger partial charge in [0.15, 0.2) is 0 Å². The molecule has 0 aromatic heterocycles. The lowest BCUT2D eigenvalue weighted by molar-refractivity contribution is -0.870. The van der Waals surface area contributed by atoms with Gasteiger partial charge in [-0.15, -0.1) is 0 Å². The van der Waals surface area contributed by atoms with Crippen molar-refractivity contribution in [1.29, 1.82) is 0 Å². The second-order valence-corrected chi connectivity index (χ2v) is 24.8. The fraction of sp³-hybridized carbons (Fsp3) is 0.937. The molecule has 0 aliphatic heterocycles. The van der Waals surface area contributed by atoms with Crippen molar-refractivity contribution in [2.75, 3.05) is 40.9 Å². The van der Waals surface area contributed by atoms with Gasteiger partial charge in [-0.3, -0.25) is 18.6 Å². The van der Waals surface area contributed by atoms with Crippen molar-refractivity contribution >= 4 is 19.7 Å². The number of likely N-dealkylation sites (N-methyl/N-ethyl adjacent to an activating group) is 1. The maximum Gasteiger partial charge on any atom is 0.472 e. The highest BCUT2D eigenvalue weighted by atomic mass is 31.2. The zero-order chi connectivity index (χ0) is 53.6. The molecular formula is C63H126N2O7P+. The molecule has 9 nitrogen and oxygen atoms in total. The van der Waals surface area contributed by atoms with Crippen LogP contribution in [0.1, 0.15) is 329 Å². The molecule has 0 heterocycles. The van der Waals surface area contributed by atoms with Crippen LogP contribution in [0.2, 0.25) is 0 Å². The van der Waals surface area contributed by atoms with E-state index in [1.807, 2.05) is 33.3 Å². The molecule has 0 aromatic carbocycles. The molecule has 10 heteroatoms. The summed E-state index contributed by atoms with van der Waals surface area (Å²) in [6, 6.07) is -0.839. The number of hydrogen-bond donors (Lipinski definition) is 2. The Morgan fingerprint density at radius 3 is 1.12 bits per heavy atom. The summed E-state index contributed by atoms with van der Waals surface area (Å²) in [5, 5.41) is 3.07. The van der Waals surface area contributed by atoms with Crippen LogP contribution in [0.4, 0.5) is 0 Å². The second kappa shape index (κ2) is 54.1. The molecule has 0 aliphatic carbocycles. The predicted octanol–water partition coefficient (Wildman–Crippen LogP) is 19.6. The molecule has 0 saturated heterocycles. The standard InChI is InChI=1S/C63H125N2O7P/c1-7-10-13-16-19-22-25-27-29-30-31-32-33-34-36-37-40-43-46-49-52-55-62(66)64-60(59-71-73(68,69)70-58-57-65(4,5)6)61(54-51-48-45-42-39-24-21-18-15-12-9-3)72-63(67)56-53-50-47-44-41-38-35-28-26-23-20-17-14-11-8-2/h51,54,60-61H,7-50,52-53,55-59H2,1-6H3,(H-,64,66,68,69)/p+1/b54-51+. The Kier molecular flexibility index (Phi) is 53.2. The van der Waals surface area contributed by atoms with Gasteiger partial charge in [-0.25, -0.2) is 4.57 Å². The van der Waals surface area contributed by atoms with Crippen molar-refractivity contribution in [2.45, 2.75) is 341 Å². The van der Waals surface area contributed by atoms with Crippen LogP contribution in [-0.2, 0) is 27.9 Å². The van der Waals surface area contributed by atoms with Gasteiger partial charge in [-0.1, -0.05) is 297 Å². The molecule has 3 atom stereocenters. The van der Waals surface area contributed by atoms with E-state index in [0.29, 0.717) is 23.9 Å². The Morgan fingerprint density at radius 2 is 0.781 bits per heavy atom. The van der Waals surface area contributed by atoms with Crippen LogP contribution in [-0.4, -0.2) is 74.3 Å². The average molecular weight is 1050 g/mol. The molecule has 0 aromatic rings. The number of ether oxygens (including phenoxy) is 1. The number of carbonyl (C=O) groups is 2. The molecule has 0 radical (unpaired) electrons. The Labute approximate surface area is 454 Å². The SMILES string of the molecule is CCCCCCCCCCC/C=C/C(OC(=O)CCCCCCCCCCCCCCCCC)C(COP(=O)(O)OCC[N+](C)(C)C)NC(=O)CCCCCCCCCCCCCCCCCCCCCCC. The molecule has 434 valence electrons. The van der Waals surface area contributed by atoms with Crippen LogP contribution in [0.25, 0.3) is 0 Å². The number of phosphoric ester groups is 1. The largest absolute Gasteiger partial charge is 0.472 e. The highest BCUT2D eigenvalue weighted by molar-refractivity contribution is 7.47. The van der Waals surface area contributed by atoms with Gasteiger partial charge in [0.25, 0.3) is 0 Å². The Balaban J connectivity index is 5.11. The molecule has 3 unspecified atom stereocenters. The first-order valence-electron chi connectivity index (χ1n) is 32.0. The number of quaternary nitrogens is 1. The van der Waals surface area contributed by atoms with Crippen molar-refractivity contribution < 1.29 is 37.3 Å². The van der Waals surface area contributed by atoms with Gasteiger partial charge in [0.2, 0.25) is 5.91 Å². The fourth-order valence-corrected chi connectivity index (χ4v) is 10.5. The van der Waals surface area contributed by atoms with Gasteiger partial charge in [0, 0.05) is 12.8 Å². The summed E-state index contributed by atoms with van der Waals surface area (Å²) < 4.78 is 30.7. The van der Waals surface area contributed by atoms with Crippen LogP contribution >= 0.6 is 7.82 Å². The number of hydrogen-bond acceptors (Lipinski definition) is 6. The third-order valence-corrected chi connectivity index (χ3v) is 15.7. The van der Waals surface area contributed by atoms with Crippen LogP contribution in [0.3, 0.4) is 0 Å². The molecule has 0 rings (SSSR count). The third kappa shape index (κ3) is 55.3. The Hall–Kier alpha value is -1.25. The quantitative estimate of drug-likeness (QED) is 0.0205. The first-order chi connectivity index (χ1) is 35.4. The van der Waals surface area contributed by atoms with Crippen molar-refractivity contribution in [3.8, 4) is 0 Å². The van der Waals surface area contributed by atoms with Gasteiger partial charge in [-0.05, 0) is 31.8 Å². The summed E-state index contributed by atoms with van der Waals surface area (Å²) in [5.74, 6) is -0.483. The number of nitrogens with one attached hydrogen (secondary N) is 1. The van der Waals surface area contributed by atoms with Crippen LogP contribution in [0, 0.1) is 0 Å². The van der Waals surface area contributed by atoms with E-state index in [0.717, 1.165) is 57.8 Å². The summed E-state index contributed by atoms with van der Waals surface area (Å²) in [6.45, 7) is 7.07. The van der Waals surface area contributed by atoms with E-state index >= 15 is 0 Å². The van der Waals surface area contributed by atoms with Crippen molar-refractivity contribution in [3.63, 3.8) is 0 Å². The molecule has 1 amide bonds. The monoisotopic (exact) mass is 1050 g/mol. The molecule has 0 saturated carbocycles. The highest BCUT2D eigenvalue weighted by Gasteiger charge is 2.30. The second-order valence-electron chi connectivity index (χ2n) is 23.3. The van der Waals surface area contributed by atoms with Crippen LogP contribution < -0.4 is 5.32 Å². The fourth-order valence-electron chi connectivity index (χ4n) is 9.77. The first kappa shape index (κ1) is 71.8. The molecule has 0 spiro atoms. The van der Waals surface area contributed by atoms with E-state index in [2.05, 4.69) is 26.1 Å². The van der Waals surface area contributed by atoms with Crippen LogP contribution in [0.15, 0.2) is 12.2 Å². The summed E-state index contributed by atoms with van der Waals surface area (Å²) in [4.78, 5) is 37.7. The molecule has 2 N–H and O–H groups in total. The minimum Gasteiger partial charge on any atom is -0.456 e. The topological polar surface area (TPSA) is 111 Å². The summed E-state index contributed by atoms with van der Waals surface area (Å²) in [6.07, 6.45) is 62.1. The maximum atomic E-state index is 13.5. The van der Waals surface area contributed by atoms with Gasteiger partial charge in [0.05, 0.1) is 33.8 Å². The lowest BCUT2D eigenvalue weighted by atomic mass is 10.0. The summed E-state index contributed by atoms with van der Waals surface area (Å²) in [7, 11) is 1.52. The smallest absolute Gasteiger partial charge is 0.456 e. The zero-order valence-corrected chi connectivity index (χ0v) is 50.6. The number of unbranched alkanes of at least 4 members (excludes halogenated alkanes) is 43. The normalized spacial score (nSPS) is 13.7. The molecule has 0 fully saturated rings. The number of phosphoric acid groups is 1. The lowest BCUT2D eigenvalue weighted by Crippen LogP contribution is -2.47. The van der Waals surface area contributed by atoms with E-state index in [9.17, 15) is 19.0 Å². The Morgan fingerprint density at radius 1 is 0.466 bits per heavy atom. The van der Waals surface area contributed by atoms with Gasteiger partial charge >= 0.3 is 13.8 Å². The Bertz CT molecular complexity index is 1260. The minimum atomic E-state index is -4.44. The molecule has 73 heavy (non-hydrogen) atoms.